The summed E-state index contributed by atoms with van der Waals surface area (Å²) in [6.07, 6.45) is 3.83. The molecule has 0 aliphatic heterocycles. The Morgan fingerprint density at radius 1 is 1.44 bits per heavy atom. The van der Waals surface area contributed by atoms with E-state index in [-0.39, 0.29) is 5.15 Å². The van der Waals surface area contributed by atoms with Crippen LogP contribution < -0.4 is 0 Å². The normalized spacial score (nSPS) is 10.1. The zero-order chi connectivity index (χ0) is 11.5. The number of hydrogen-bond donors (Lipinski definition) is 0. The second-order valence-corrected chi connectivity index (χ2v) is 3.40. The highest BCUT2D eigenvalue weighted by Gasteiger charge is 2.16. The summed E-state index contributed by atoms with van der Waals surface area (Å²) in [5, 5.41) is 13.4. The maximum Gasteiger partial charge on any atom is 0.251 e. The van der Waals surface area contributed by atoms with Crippen molar-refractivity contribution in [2.75, 3.05) is 0 Å². The molecule has 5 nitrogen and oxygen atoms in total. The third-order valence-corrected chi connectivity index (χ3v) is 2.44. The smallest absolute Gasteiger partial charge is 0.220 e. The average Bonchev–Trinajstić information content (AvgIpc) is 2.66. The zero-order valence-electron chi connectivity index (χ0n) is 8.55. The maximum absolute atomic E-state index is 8.96. The summed E-state index contributed by atoms with van der Waals surface area (Å²) in [4.78, 5) is 8.06. The van der Waals surface area contributed by atoms with Gasteiger partial charge in [-0.3, -0.25) is 0 Å². The fraction of sp³-hybridized carbons (Fsp3) is 0.200. The third kappa shape index (κ3) is 1.64. The van der Waals surface area contributed by atoms with Crippen LogP contribution in [0.15, 0.2) is 18.5 Å². The van der Waals surface area contributed by atoms with Crippen molar-refractivity contribution in [1.82, 2.24) is 19.7 Å². The van der Waals surface area contributed by atoms with Crippen molar-refractivity contribution in [2.45, 2.75) is 13.3 Å². The molecule has 2 aromatic rings. The van der Waals surface area contributed by atoms with Gasteiger partial charge in [-0.05, 0) is 12.5 Å². The molecule has 0 atom stereocenters. The van der Waals surface area contributed by atoms with E-state index < -0.39 is 0 Å². The van der Waals surface area contributed by atoms with Crippen LogP contribution >= 0.6 is 11.6 Å². The lowest BCUT2D eigenvalue weighted by Crippen LogP contribution is -2.02. The number of nitrogens with zero attached hydrogens (tertiary/aromatic N) is 5. The van der Waals surface area contributed by atoms with E-state index in [9.17, 15) is 0 Å². The number of rotatable bonds is 2. The molecule has 6 heteroatoms. The minimum atomic E-state index is 0.255. The highest BCUT2D eigenvalue weighted by Crippen LogP contribution is 2.21. The first-order valence-corrected chi connectivity index (χ1v) is 5.10. The molecule has 0 saturated heterocycles. The van der Waals surface area contributed by atoms with Crippen LogP contribution in [0, 0.1) is 11.3 Å². The van der Waals surface area contributed by atoms with Gasteiger partial charge in [-0.25, -0.2) is 9.97 Å². The number of aryl methyl sites for hydroxylation is 1. The highest BCUT2D eigenvalue weighted by molar-refractivity contribution is 6.31. The molecule has 0 bridgehead atoms. The summed E-state index contributed by atoms with van der Waals surface area (Å²) in [6, 6.07) is 3.74. The van der Waals surface area contributed by atoms with Gasteiger partial charge >= 0.3 is 0 Å². The van der Waals surface area contributed by atoms with Crippen LogP contribution in [0.2, 0.25) is 5.15 Å². The molecule has 2 rings (SSSR count). The van der Waals surface area contributed by atoms with E-state index >= 15 is 0 Å². The molecular weight excluding hydrogens is 226 g/mol. The van der Waals surface area contributed by atoms with Gasteiger partial charge in [0, 0.05) is 12.4 Å². The second kappa shape index (κ2) is 4.29. The highest BCUT2D eigenvalue weighted by atomic mass is 35.5. The summed E-state index contributed by atoms with van der Waals surface area (Å²) >= 11 is 6.04. The van der Waals surface area contributed by atoms with Gasteiger partial charge < -0.3 is 0 Å². The quantitative estimate of drug-likeness (QED) is 0.793. The van der Waals surface area contributed by atoms with Crippen LogP contribution in [0.5, 0.6) is 0 Å². The Morgan fingerprint density at radius 3 is 2.62 bits per heavy atom. The van der Waals surface area contributed by atoms with Crippen molar-refractivity contribution < 1.29 is 0 Å². The molecule has 80 valence electrons. The van der Waals surface area contributed by atoms with Gasteiger partial charge in [0.25, 0.3) is 5.95 Å². The molecule has 0 amide bonds. The second-order valence-electron chi connectivity index (χ2n) is 3.04. The van der Waals surface area contributed by atoms with Crippen molar-refractivity contribution in [2.24, 2.45) is 0 Å². The van der Waals surface area contributed by atoms with Gasteiger partial charge in [0.05, 0.1) is 5.69 Å². The Kier molecular flexibility index (Phi) is 2.84. The molecule has 0 fully saturated rings. The van der Waals surface area contributed by atoms with Crippen LogP contribution in [0.1, 0.15) is 18.2 Å². The van der Waals surface area contributed by atoms with Gasteiger partial charge in [-0.2, -0.15) is 15.0 Å². The molecule has 2 aromatic heterocycles. The number of hydrogen-bond acceptors (Lipinski definition) is 4. The molecule has 2 heterocycles. The minimum Gasteiger partial charge on any atom is -0.220 e. The van der Waals surface area contributed by atoms with E-state index in [0.29, 0.717) is 23.6 Å². The SMILES string of the molecule is CCc1nn(-c2ncccn2)c(Cl)c1C#N. The van der Waals surface area contributed by atoms with Crippen molar-refractivity contribution in [3.8, 4) is 12.0 Å². The number of halogens is 1. The van der Waals surface area contributed by atoms with Gasteiger partial charge in [0.15, 0.2) is 5.15 Å². The van der Waals surface area contributed by atoms with Crippen LogP contribution in [0.4, 0.5) is 0 Å². The summed E-state index contributed by atoms with van der Waals surface area (Å²) in [5.74, 6) is 0.365. The maximum atomic E-state index is 8.96. The summed E-state index contributed by atoms with van der Waals surface area (Å²) in [6.45, 7) is 1.91. The molecule has 0 unspecified atom stereocenters. The predicted molar refractivity (Wildman–Crippen MR) is 58.3 cm³/mol. The van der Waals surface area contributed by atoms with Gasteiger partial charge in [0.1, 0.15) is 11.6 Å². The van der Waals surface area contributed by atoms with E-state index in [1.807, 2.05) is 13.0 Å². The molecule has 0 radical (unpaired) electrons. The van der Waals surface area contributed by atoms with Crippen molar-refractivity contribution in [3.05, 3.63) is 34.9 Å². The van der Waals surface area contributed by atoms with E-state index in [1.165, 1.54) is 4.68 Å². The third-order valence-electron chi connectivity index (χ3n) is 2.09. The molecule has 0 aliphatic carbocycles. The Morgan fingerprint density at radius 2 is 2.12 bits per heavy atom. The minimum absolute atomic E-state index is 0.255. The van der Waals surface area contributed by atoms with E-state index in [2.05, 4.69) is 15.1 Å². The molecule has 0 aliphatic rings. The first-order chi connectivity index (χ1) is 7.77. The van der Waals surface area contributed by atoms with Gasteiger partial charge in [0.2, 0.25) is 0 Å². The lowest BCUT2D eigenvalue weighted by atomic mass is 10.2. The fourth-order valence-electron chi connectivity index (χ4n) is 1.33. The summed E-state index contributed by atoms with van der Waals surface area (Å²) in [7, 11) is 0. The van der Waals surface area contributed by atoms with Crippen LogP contribution in [0.3, 0.4) is 0 Å². The van der Waals surface area contributed by atoms with Gasteiger partial charge in [-0.1, -0.05) is 18.5 Å². The van der Waals surface area contributed by atoms with E-state index in [4.69, 9.17) is 16.9 Å². The fourth-order valence-corrected chi connectivity index (χ4v) is 1.60. The van der Waals surface area contributed by atoms with Gasteiger partial charge in [-0.15, -0.1) is 0 Å². The molecule has 0 aromatic carbocycles. The monoisotopic (exact) mass is 233 g/mol. The molecular formula is C10H8ClN5. The Labute approximate surface area is 97.3 Å². The molecule has 0 spiro atoms. The van der Waals surface area contributed by atoms with Crippen LogP contribution in [-0.2, 0) is 6.42 Å². The number of aromatic nitrogens is 4. The molecule has 16 heavy (non-hydrogen) atoms. The first-order valence-electron chi connectivity index (χ1n) is 4.72. The predicted octanol–water partition coefficient (Wildman–Crippen LogP) is 1.75. The van der Waals surface area contributed by atoms with Crippen molar-refractivity contribution in [1.29, 1.82) is 5.26 Å². The Hall–Kier alpha value is -1.93. The standard InChI is InChI=1S/C10H8ClN5/c1-2-8-7(6-12)9(11)16(15-8)10-13-4-3-5-14-10/h3-5H,2H2,1H3. The summed E-state index contributed by atoms with van der Waals surface area (Å²) < 4.78 is 1.37. The molecule has 0 N–H and O–H groups in total. The van der Waals surface area contributed by atoms with Crippen LogP contribution in [-0.4, -0.2) is 19.7 Å². The molecule has 0 saturated carbocycles. The van der Waals surface area contributed by atoms with Crippen molar-refractivity contribution >= 4 is 11.6 Å². The summed E-state index contributed by atoms with van der Waals surface area (Å²) in [5.41, 5.74) is 1.04. The van der Waals surface area contributed by atoms with Crippen molar-refractivity contribution in [3.63, 3.8) is 0 Å². The average molecular weight is 234 g/mol. The largest absolute Gasteiger partial charge is 0.251 e. The zero-order valence-corrected chi connectivity index (χ0v) is 9.31. The Bertz CT molecular complexity index is 540. The number of nitriles is 1. The Balaban J connectivity index is 2.60. The van der Waals surface area contributed by atoms with E-state index in [1.54, 1.807) is 18.5 Å². The van der Waals surface area contributed by atoms with E-state index in [0.717, 1.165) is 0 Å². The topological polar surface area (TPSA) is 67.4 Å². The lowest BCUT2D eigenvalue weighted by molar-refractivity contribution is 0.785. The first kappa shape index (κ1) is 10.6. The lowest BCUT2D eigenvalue weighted by Gasteiger charge is -1.98. The van der Waals surface area contributed by atoms with Crippen LogP contribution in [0.25, 0.3) is 5.95 Å².